The van der Waals surface area contributed by atoms with E-state index in [0.29, 0.717) is 0 Å². The van der Waals surface area contributed by atoms with Crippen molar-refractivity contribution < 1.29 is 0 Å². The zero-order chi connectivity index (χ0) is 9.68. The van der Waals surface area contributed by atoms with Gasteiger partial charge in [-0.1, -0.05) is 58.8 Å². The number of hydrogen-bond acceptors (Lipinski definition) is 0. The normalized spacial score (nSPS) is 34.8. The summed E-state index contributed by atoms with van der Waals surface area (Å²) in [6.45, 7) is 4.63. The Hall–Kier alpha value is 0.217. The van der Waals surface area contributed by atoms with Gasteiger partial charge in [0, 0.05) is 10.2 Å². The number of rotatable bonds is 4. The van der Waals surface area contributed by atoms with Crippen molar-refractivity contribution in [3.63, 3.8) is 0 Å². The van der Waals surface area contributed by atoms with Gasteiger partial charge in [-0.15, -0.1) is 0 Å². The molecule has 3 atom stereocenters. The van der Waals surface area contributed by atoms with E-state index in [2.05, 4.69) is 24.1 Å². The quantitative estimate of drug-likeness (QED) is 0.596. The maximum Gasteiger partial charge on any atom is 0.0273 e. The first kappa shape index (κ1) is 11.3. The molecule has 0 aromatic heterocycles. The van der Waals surface area contributed by atoms with Gasteiger partial charge in [-0.3, -0.25) is 0 Å². The van der Waals surface area contributed by atoms with Gasteiger partial charge in [0.05, 0.1) is 0 Å². The molecule has 0 bridgehead atoms. The molecule has 0 amide bonds. The molecule has 1 saturated carbocycles. The lowest BCUT2D eigenvalue weighted by Crippen LogP contribution is -2.23. The monoisotopic (exact) mass is 195 g/mol. The summed E-state index contributed by atoms with van der Waals surface area (Å²) in [5, 5.41) is 0. The van der Waals surface area contributed by atoms with Gasteiger partial charge >= 0.3 is 0 Å². The number of unbranched alkanes of at least 4 members (excludes halogenated alkanes) is 1. The first-order chi connectivity index (χ1) is 6.29. The van der Waals surface area contributed by atoms with Crippen LogP contribution in [0.15, 0.2) is 0 Å². The van der Waals surface area contributed by atoms with Crippen molar-refractivity contribution in [1.29, 1.82) is 0 Å². The molecule has 3 unspecified atom stereocenters. The lowest BCUT2D eigenvalue weighted by Gasteiger charge is -2.35. The second-order valence-electron chi connectivity index (χ2n) is 4.53. The molecule has 0 heterocycles. The van der Waals surface area contributed by atoms with Crippen LogP contribution in [0.1, 0.15) is 58.8 Å². The van der Waals surface area contributed by atoms with Gasteiger partial charge in [0.25, 0.3) is 0 Å². The third-order valence-corrected chi connectivity index (χ3v) is 4.56. The SMILES string of the molecule is CCCCC1CCCC(CC)C1[Si]. The van der Waals surface area contributed by atoms with Gasteiger partial charge in [0.15, 0.2) is 0 Å². The van der Waals surface area contributed by atoms with Crippen molar-refractivity contribution in [2.45, 2.75) is 64.3 Å². The molecule has 1 fully saturated rings. The van der Waals surface area contributed by atoms with E-state index in [0.717, 1.165) is 17.4 Å². The summed E-state index contributed by atoms with van der Waals surface area (Å²) in [4.78, 5) is 0. The summed E-state index contributed by atoms with van der Waals surface area (Å²) < 4.78 is 0. The predicted molar refractivity (Wildman–Crippen MR) is 60.2 cm³/mol. The molecule has 0 aliphatic heterocycles. The third kappa shape index (κ3) is 3.12. The Morgan fingerprint density at radius 3 is 2.46 bits per heavy atom. The van der Waals surface area contributed by atoms with Gasteiger partial charge in [0.1, 0.15) is 0 Å². The van der Waals surface area contributed by atoms with Crippen LogP contribution < -0.4 is 0 Å². The van der Waals surface area contributed by atoms with Crippen LogP contribution in [0, 0.1) is 11.8 Å². The Balaban J connectivity index is 2.35. The van der Waals surface area contributed by atoms with Crippen LogP contribution in [0.4, 0.5) is 0 Å². The van der Waals surface area contributed by atoms with Crippen LogP contribution in [-0.2, 0) is 0 Å². The molecule has 75 valence electrons. The minimum absolute atomic E-state index is 0.810. The van der Waals surface area contributed by atoms with Crippen molar-refractivity contribution in [3.8, 4) is 0 Å². The summed E-state index contributed by atoms with van der Waals surface area (Å²) in [6.07, 6.45) is 9.96. The van der Waals surface area contributed by atoms with E-state index in [9.17, 15) is 0 Å². The fraction of sp³-hybridized carbons (Fsp3) is 1.00. The molecule has 0 aromatic rings. The maximum absolute atomic E-state index is 3.96. The lowest BCUT2D eigenvalue weighted by atomic mass is 9.77. The first-order valence-electron chi connectivity index (χ1n) is 6.00. The largest absolute Gasteiger partial charge is 0.0654 e. The zero-order valence-electron chi connectivity index (χ0n) is 9.18. The van der Waals surface area contributed by atoms with Gasteiger partial charge in [-0.05, 0) is 17.4 Å². The number of hydrogen-bond donors (Lipinski definition) is 0. The van der Waals surface area contributed by atoms with Crippen molar-refractivity contribution in [2.75, 3.05) is 0 Å². The molecule has 0 N–H and O–H groups in total. The molecule has 1 rings (SSSR count). The average Bonchev–Trinajstić information content (AvgIpc) is 2.16. The van der Waals surface area contributed by atoms with E-state index in [-0.39, 0.29) is 0 Å². The fourth-order valence-corrected chi connectivity index (χ4v) is 3.37. The van der Waals surface area contributed by atoms with Crippen LogP contribution in [0.5, 0.6) is 0 Å². The third-order valence-electron chi connectivity index (χ3n) is 3.62. The average molecular weight is 195 g/mol. The van der Waals surface area contributed by atoms with Crippen molar-refractivity contribution in [2.24, 2.45) is 11.8 Å². The molecule has 1 aliphatic carbocycles. The summed E-state index contributed by atoms with van der Waals surface area (Å²) in [5.41, 5.74) is 0.810. The van der Waals surface area contributed by atoms with Crippen LogP contribution in [-0.4, -0.2) is 10.2 Å². The van der Waals surface area contributed by atoms with Gasteiger partial charge in [-0.25, -0.2) is 0 Å². The highest BCUT2D eigenvalue weighted by atomic mass is 28.1. The lowest BCUT2D eigenvalue weighted by molar-refractivity contribution is 0.247. The maximum atomic E-state index is 3.96. The van der Waals surface area contributed by atoms with Gasteiger partial charge in [0.2, 0.25) is 0 Å². The Bertz CT molecular complexity index is 133. The highest BCUT2D eigenvalue weighted by molar-refractivity contribution is 6.12. The summed E-state index contributed by atoms with van der Waals surface area (Å²) >= 11 is 0. The van der Waals surface area contributed by atoms with Crippen molar-refractivity contribution in [1.82, 2.24) is 0 Å². The first-order valence-corrected chi connectivity index (χ1v) is 6.58. The predicted octanol–water partition coefficient (Wildman–Crippen LogP) is 3.96. The molecule has 0 aromatic carbocycles. The van der Waals surface area contributed by atoms with E-state index < -0.39 is 0 Å². The van der Waals surface area contributed by atoms with Crippen molar-refractivity contribution >= 4 is 10.2 Å². The fourth-order valence-electron chi connectivity index (χ4n) is 2.63. The molecule has 1 aliphatic rings. The Kier molecular flexibility index (Phi) is 5.08. The summed E-state index contributed by atoms with van der Waals surface area (Å²) in [7, 11) is 3.96. The molecule has 0 saturated heterocycles. The Labute approximate surface area is 86.9 Å². The van der Waals surface area contributed by atoms with Crippen molar-refractivity contribution in [3.05, 3.63) is 0 Å². The van der Waals surface area contributed by atoms with Gasteiger partial charge in [-0.2, -0.15) is 0 Å². The highest BCUT2D eigenvalue weighted by Crippen LogP contribution is 2.41. The Morgan fingerprint density at radius 1 is 1.15 bits per heavy atom. The molecular formula is C12H23Si. The Morgan fingerprint density at radius 2 is 1.85 bits per heavy atom. The van der Waals surface area contributed by atoms with E-state index in [1.165, 1.54) is 44.9 Å². The van der Waals surface area contributed by atoms with E-state index in [1.807, 2.05) is 0 Å². The minimum atomic E-state index is 0.810. The molecule has 0 spiro atoms. The topological polar surface area (TPSA) is 0 Å². The standard InChI is InChI=1S/C12H23Si/c1-3-5-7-11-9-6-8-10(4-2)12(11)13/h10-12H,3-9H2,1-2H3. The second-order valence-corrected chi connectivity index (χ2v) is 5.19. The minimum Gasteiger partial charge on any atom is -0.0654 e. The second kappa shape index (κ2) is 5.84. The van der Waals surface area contributed by atoms with Crippen LogP contribution in [0.25, 0.3) is 0 Å². The van der Waals surface area contributed by atoms with E-state index in [1.54, 1.807) is 0 Å². The molecule has 1 heteroatoms. The smallest absolute Gasteiger partial charge is 0.0273 e. The van der Waals surface area contributed by atoms with E-state index >= 15 is 0 Å². The highest BCUT2D eigenvalue weighted by Gasteiger charge is 2.27. The van der Waals surface area contributed by atoms with E-state index in [4.69, 9.17) is 0 Å². The van der Waals surface area contributed by atoms with Gasteiger partial charge < -0.3 is 0 Å². The molecule has 13 heavy (non-hydrogen) atoms. The van der Waals surface area contributed by atoms with Crippen LogP contribution >= 0.6 is 0 Å². The van der Waals surface area contributed by atoms with Crippen LogP contribution in [0.2, 0.25) is 5.54 Å². The van der Waals surface area contributed by atoms with Crippen LogP contribution in [0.3, 0.4) is 0 Å². The molecule has 3 radical (unpaired) electrons. The summed E-state index contributed by atoms with van der Waals surface area (Å²) in [6, 6.07) is 0. The molecular weight excluding hydrogens is 172 g/mol. The molecule has 0 nitrogen and oxygen atoms in total. The zero-order valence-corrected chi connectivity index (χ0v) is 10.2. The summed E-state index contributed by atoms with van der Waals surface area (Å²) in [5.74, 6) is 1.92.